The lowest BCUT2D eigenvalue weighted by atomic mass is 10.1. The molecule has 0 saturated carbocycles. The topological polar surface area (TPSA) is 53.6 Å². The molecule has 4 nitrogen and oxygen atoms in total. The number of benzene rings is 1. The number of halogens is 1. The minimum absolute atomic E-state index is 0.225. The molecule has 0 aliphatic rings. The van der Waals surface area contributed by atoms with E-state index in [-0.39, 0.29) is 6.04 Å². The normalized spacial score (nSPS) is 12.5. The summed E-state index contributed by atoms with van der Waals surface area (Å²) in [5.74, 6) is 0. The Kier molecular flexibility index (Phi) is 4.34. The summed E-state index contributed by atoms with van der Waals surface area (Å²) in [7, 11) is 0. The number of nitrogens with one attached hydrogen (secondary N) is 2. The standard InChI is InChI=1S/C15H15ClN4S/c1-10(13-7-8-14(16)21-13)17-9-12-15(19-20-18-12)11-5-3-2-4-6-11/h2-8,10,17H,9H2,1H3,(H,18,19,20). The van der Waals surface area contributed by atoms with Crippen LogP contribution in [0.4, 0.5) is 0 Å². The van der Waals surface area contributed by atoms with Crippen LogP contribution in [0.15, 0.2) is 42.5 Å². The van der Waals surface area contributed by atoms with Crippen molar-refractivity contribution >= 4 is 22.9 Å². The first-order valence-electron chi connectivity index (χ1n) is 6.67. The van der Waals surface area contributed by atoms with E-state index < -0.39 is 0 Å². The van der Waals surface area contributed by atoms with Gasteiger partial charge in [0.1, 0.15) is 11.4 Å². The van der Waals surface area contributed by atoms with Crippen LogP contribution in [-0.2, 0) is 6.54 Å². The van der Waals surface area contributed by atoms with Crippen LogP contribution < -0.4 is 5.32 Å². The summed E-state index contributed by atoms with van der Waals surface area (Å²) in [5, 5.41) is 14.6. The lowest BCUT2D eigenvalue weighted by Gasteiger charge is -2.11. The molecule has 2 heterocycles. The van der Waals surface area contributed by atoms with Crippen LogP contribution in [-0.4, -0.2) is 15.4 Å². The summed E-state index contributed by atoms with van der Waals surface area (Å²) in [6, 6.07) is 14.2. The largest absolute Gasteiger partial charge is 0.304 e. The lowest BCUT2D eigenvalue weighted by molar-refractivity contribution is 0.575. The molecular formula is C15H15ClN4S. The number of thiophene rings is 1. The Bertz CT molecular complexity index is 707. The molecule has 0 spiro atoms. The molecule has 6 heteroatoms. The molecule has 108 valence electrons. The quantitative estimate of drug-likeness (QED) is 0.746. The fraction of sp³-hybridized carbons (Fsp3) is 0.200. The number of nitrogens with zero attached hydrogens (tertiary/aromatic N) is 2. The smallest absolute Gasteiger partial charge is 0.117 e. The Morgan fingerprint density at radius 3 is 2.71 bits per heavy atom. The van der Waals surface area contributed by atoms with Crippen LogP contribution in [0.3, 0.4) is 0 Å². The Hall–Kier alpha value is -1.69. The van der Waals surface area contributed by atoms with Crippen LogP contribution in [0, 0.1) is 0 Å². The van der Waals surface area contributed by atoms with Gasteiger partial charge in [0.05, 0.1) is 4.34 Å². The SMILES string of the molecule is CC(NCc1n[nH]nc1-c1ccccc1)c1ccc(Cl)s1. The monoisotopic (exact) mass is 318 g/mol. The predicted octanol–water partition coefficient (Wildman–Crippen LogP) is 4.04. The molecular weight excluding hydrogens is 304 g/mol. The van der Waals surface area contributed by atoms with Crippen molar-refractivity contribution in [1.29, 1.82) is 0 Å². The van der Waals surface area contributed by atoms with E-state index in [4.69, 9.17) is 11.6 Å². The highest BCUT2D eigenvalue weighted by Crippen LogP contribution is 2.27. The average molecular weight is 319 g/mol. The maximum Gasteiger partial charge on any atom is 0.117 e. The van der Waals surface area contributed by atoms with Crippen molar-refractivity contribution < 1.29 is 0 Å². The van der Waals surface area contributed by atoms with Crippen molar-refractivity contribution in [3.8, 4) is 11.3 Å². The van der Waals surface area contributed by atoms with E-state index in [1.54, 1.807) is 11.3 Å². The molecule has 0 amide bonds. The Labute approximate surface area is 132 Å². The van der Waals surface area contributed by atoms with Crippen LogP contribution in [0.5, 0.6) is 0 Å². The minimum atomic E-state index is 0.225. The molecule has 1 unspecified atom stereocenters. The number of hydrogen-bond acceptors (Lipinski definition) is 4. The molecule has 2 N–H and O–H groups in total. The Balaban J connectivity index is 1.70. The zero-order valence-electron chi connectivity index (χ0n) is 11.5. The third-order valence-electron chi connectivity index (χ3n) is 3.26. The molecule has 0 radical (unpaired) electrons. The number of aromatic nitrogens is 3. The maximum atomic E-state index is 5.97. The number of rotatable bonds is 5. The van der Waals surface area contributed by atoms with E-state index in [0.717, 1.165) is 21.3 Å². The number of H-pyrrole nitrogens is 1. The molecule has 0 bridgehead atoms. The minimum Gasteiger partial charge on any atom is -0.304 e. The predicted molar refractivity (Wildman–Crippen MR) is 86.4 cm³/mol. The van der Waals surface area contributed by atoms with E-state index in [1.165, 1.54) is 4.88 Å². The van der Waals surface area contributed by atoms with Crippen LogP contribution in [0.25, 0.3) is 11.3 Å². The summed E-state index contributed by atoms with van der Waals surface area (Å²) in [4.78, 5) is 1.21. The van der Waals surface area contributed by atoms with E-state index in [1.807, 2.05) is 42.5 Å². The van der Waals surface area contributed by atoms with Gasteiger partial charge in [0.2, 0.25) is 0 Å². The fourth-order valence-electron chi connectivity index (χ4n) is 2.11. The molecule has 0 aliphatic carbocycles. The third-order valence-corrected chi connectivity index (χ3v) is 4.68. The van der Waals surface area contributed by atoms with E-state index in [0.29, 0.717) is 6.54 Å². The van der Waals surface area contributed by atoms with Crippen molar-refractivity contribution in [3.63, 3.8) is 0 Å². The highest BCUT2D eigenvalue weighted by Gasteiger charge is 2.12. The van der Waals surface area contributed by atoms with Gasteiger partial charge in [-0.25, -0.2) is 0 Å². The van der Waals surface area contributed by atoms with Gasteiger partial charge in [-0.3, -0.25) is 0 Å². The first-order valence-corrected chi connectivity index (χ1v) is 7.87. The zero-order chi connectivity index (χ0) is 14.7. The van der Waals surface area contributed by atoms with E-state index in [2.05, 4.69) is 27.7 Å². The molecule has 3 rings (SSSR count). The maximum absolute atomic E-state index is 5.97. The molecule has 0 saturated heterocycles. The van der Waals surface area contributed by atoms with Crippen LogP contribution >= 0.6 is 22.9 Å². The van der Waals surface area contributed by atoms with Crippen molar-refractivity contribution in [1.82, 2.24) is 20.7 Å². The second-order valence-electron chi connectivity index (χ2n) is 4.73. The Morgan fingerprint density at radius 1 is 1.19 bits per heavy atom. The molecule has 0 aliphatic heterocycles. The van der Waals surface area contributed by atoms with Crippen LogP contribution in [0.1, 0.15) is 23.5 Å². The van der Waals surface area contributed by atoms with Gasteiger partial charge >= 0.3 is 0 Å². The van der Waals surface area contributed by atoms with Gasteiger partial charge in [0.25, 0.3) is 0 Å². The summed E-state index contributed by atoms with van der Waals surface area (Å²) in [6.45, 7) is 2.77. The van der Waals surface area contributed by atoms with Crippen molar-refractivity contribution in [2.24, 2.45) is 0 Å². The van der Waals surface area contributed by atoms with Crippen LogP contribution in [0.2, 0.25) is 4.34 Å². The van der Waals surface area contributed by atoms with E-state index >= 15 is 0 Å². The molecule has 3 aromatic rings. The highest BCUT2D eigenvalue weighted by molar-refractivity contribution is 7.16. The summed E-state index contributed by atoms with van der Waals surface area (Å²) in [5.41, 5.74) is 2.87. The van der Waals surface area contributed by atoms with Gasteiger partial charge in [-0.2, -0.15) is 15.4 Å². The van der Waals surface area contributed by atoms with Gasteiger partial charge in [-0.1, -0.05) is 41.9 Å². The van der Waals surface area contributed by atoms with Crippen molar-refractivity contribution in [2.45, 2.75) is 19.5 Å². The molecule has 2 aromatic heterocycles. The average Bonchev–Trinajstić information content (AvgIpc) is 3.14. The second kappa shape index (κ2) is 6.39. The third kappa shape index (κ3) is 3.32. The summed E-state index contributed by atoms with van der Waals surface area (Å²) >= 11 is 7.57. The first-order chi connectivity index (χ1) is 10.2. The number of hydrogen-bond donors (Lipinski definition) is 2. The Morgan fingerprint density at radius 2 is 2.00 bits per heavy atom. The van der Waals surface area contributed by atoms with Gasteiger partial charge in [0, 0.05) is 23.0 Å². The summed E-state index contributed by atoms with van der Waals surface area (Å²) in [6.07, 6.45) is 0. The van der Waals surface area contributed by atoms with Gasteiger partial charge in [-0.05, 0) is 19.1 Å². The van der Waals surface area contributed by atoms with Gasteiger partial charge in [0.15, 0.2) is 0 Å². The van der Waals surface area contributed by atoms with Gasteiger partial charge in [-0.15, -0.1) is 11.3 Å². The number of aromatic amines is 1. The molecule has 1 atom stereocenters. The zero-order valence-corrected chi connectivity index (χ0v) is 13.1. The van der Waals surface area contributed by atoms with Gasteiger partial charge < -0.3 is 5.32 Å². The molecule has 1 aromatic carbocycles. The highest BCUT2D eigenvalue weighted by atomic mass is 35.5. The fourth-order valence-corrected chi connectivity index (χ4v) is 3.20. The lowest BCUT2D eigenvalue weighted by Crippen LogP contribution is -2.17. The first kappa shape index (κ1) is 14.3. The summed E-state index contributed by atoms with van der Waals surface area (Å²) < 4.78 is 0.810. The molecule has 0 fully saturated rings. The second-order valence-corrected chi connectivity index (χ2v) is 6.48. The van der Waals surface area contributed by atoms with Crippen molar-refractivity contribution in [3.05, 3.63) is 57.4 Å². The van der Waals surface area contributed by atoms with E-state index in [9.17, 15) is 0 Å². The molecule has 21 heavy (non-hydrogen) atoms. The van der Waals surface area contributed by atoms with Crippen molar-refractivity contribution in [2.75, 3.05) is 0 Å².